The third-order valence-electron chi connectivity index (χ3n) is 3.12. The van der Waals surface area contributed by atoms with Crippen LogP contribution in [-0.2, 0) is 4.74 Å². The molecule has 1 saturated heterocycles. The monoisotopic (exact) mass is 290 g/mol. The lowest BCUT2D eigenvalue weighted by Gasteiger charge is -2.32. The average molecular weight is 290 g/mol. The maximum Gasteiger partial charge on any atom is 0.265 e. The van der Waals surface area contributed by atoms with Crippen LogP contribution < -0.4 is 0 Å². The summed E-state index contributed by atoms with van der Waals surface area (Å²) in [4.78, 5) is 27.2. The minimum Gasteiger partial charge on any atom is -0.368 e. The first kappa shape index (κ1) is 13.1. The third kappa shape index (κ3) is 2.68. The fourth-order valence-corrected chi connectivity index (χ4v) is 2.73. The molecular weight excluding hydrogens is 276 g/mol. The number of aromatic nitrogens is 3. The first-order chi connectivity index (χ1) is 9.74. The third-order valence-corrected chi connectivity index (χ3v) is 3.89. The molecule has 6 nitrogen and oxygen atoms in total. The van der Waals surface area contributed by atoms with E-state index >= 15 is 0 Å². The molecule has 0 spiro atoms. The summed E-state index contributed by atoms with van der Waals surface area (Å²) in [5.41, 5.74) is 2.48. The van der Waals surface area contributed by atoms with Crippen molar-refractivity contribution in [1.82, 2.24) is 19.9 Å². The highest BCUT2D eigenvalue weighted by atomic mass is 32.1. The summed E-state index contributed by atoms with van der Waals surface area (Å²) in [5.74, 6) is 0.712. The summed E-state index contributed by atoms with van der Waals surface area (Å²) in [5, 5.41) is 0. The molecule has 0 aliphatic carbocycles. The molecule has 3 rings (SSSR count). The molecule has 3 heterocycles. The number of rotatable bonds is 2. The minimum atomic E-state index is -0.192. The van der Waals surface area contributed by atoms with E-state index in [2.05, 4.69) is 15.0 Å². The predicted octanol–water partition coefficient (Wildman–Crippen LogP) is 1.46. The van der Waals surface area contributed by atoms with Crippen molar-refractivity contribution in [2.75, 3.05) is 19.7 Å². The van der Waals surface area contributed by atoms with Crippen LogP contribution in [0, 0.1) is 6.92 Å². The molecule has 1 unspecified atom stereocenters. The van der Waals surface area contributed by atoms with Crippen molar-refractivity contribution in [2.45, 2.75) is 13.0 Å². The number of carbonyl (C=O) groups is 1. The maximum absolute atomic E-state index is 12.3. The van der Waals surface area contributed by atoms with Crippen LogP contribution in [-0.4, -0.2) is 45.5 Å². The van der Waals surface area contributed by atoms with E-state index < -0.39 is 0 Å². The Kier molecular flexibility index (Phi) is 3.70. The van der Waals surface area contributed by atoms with Crippen LogP contribution in [0.1, 0.15) is 27.3 Å². The van der Waals surface area contributed by atoms with Crippen LogP contribution in [0.2, 0.25) is 0 Å². The quantitative estimate of drug-likeness (QED) is 0.837. The largest absolute Gasteiger partial charge is 0.368 e. The first-order valence-electron chi connectivity index (χ1n) is 6.33. The van der Waals surface area contributed by atoms with Crippen LogP contribution in [0.3, 0.4) is 0 Å². The average Bonchev–Trinajstić information content (AvgIpc) is 3.01. The maximum atomic E-state index is 12.3. The number of hydrogen-bond acceptors (Lipinski definition) is 6. The Labute approximate surface area is 120 Å². The van der Waals surface area contributed by atoms with E-state index in [1.54, 1.807) is 22.8 Å². The lowest BCUT2D eigenvalue weighted by Crippen LogP contribution is -2.42. The van der Waals surface area contributed by atoms with Crippen molar-refractivity contribution in [3.63, 3.8) is 0 Å². The van der Waals surface area contributed by atoms with Crippen LogP contribution in [0.4, 0.5) is 0 Å². The van der Waals surface area contributed by atoms with Gasteiger partial charge in [-0.1, -0.05) is 0 Å². The van der Waals surface area contributed by atoms with E-state index in [1.807, 2.05) is 13.0 Å². The minimum absolute atomic E-state index is 0.00609. The standard InChI is InChI=1S/C13H14N4O2S/c1-9-15-3-2-10(16-9)11-7-17(4-5-19-11)13(18)12-6-14-8-20-12/h2-3,6,8,11H,4-5,7H2,1H3. The molecule has 1 aliphatic rings. The molecule has 2 aromatic heterocycles. The van der Waals surface area contributed by atoms with E-state index in [9.17, 15) is 4.79 Å². The Hall–Kier alpha value is -1.86. The molecule has 1 fully saturated rings. The fourth-order valence-electron chi connectivity index (χ4n) is 2.14. The number of nitrogens with zero attached hydrogens (tertiary/aromatic N) is 4. The molecule has 0 saturated carbocycles. The van der Waals surface area contributed by atoms with Gasteiger partial charge in [0.05, 0.1) is 30.6 Å². The second kappa shape index (κ2) is 5.64. The topological polar surface area (TPSA) is 68.2 Å². The number of morpholine rings is 1. The predicted molar refractivity (Wildman–Crippen MR) is 73.5 cm³/mol. The summed E-state index contributed by atoms with van der Waals surface area (Å²) >= 11 is 1.36. The van der Waals surface area contributed by atoms with E-state index in [0.717, 1.165) is 5.69 Å². The summed E-state index contributed by atoms with van der Waals surface area (Å²) in [6.45, 7) is 3.45. The molecule has 0 aromatic carbocycles. The van der Waals surface area contributed by atoms with Crippen LogP contribution in [0.15, 0.2) is 24.0 Å². The van der Waals surface area contributed by atoms with Gasteiger partial charge in [0, 0.05) is 12.7 Å². The highest BCUT2D eigenvalue weighted by Crippen LogP contribution is 2.22. The number of thiazole rings is 1. The summed E-state index contributed by atoms with van der Waals surface area (Å²) < 4.78 is 5.72. The molecule has 1 amide bonds. The van der Waals surface area contributed by atoms with Crippen molar-refractivity contribution in [1.29, 1.82) is 0 Å². The Morgan fingerprint density at radius 3 is 3.20 bits per heavy atom. The summed E-state index contributed by atoms with van der Waals surface area (Å²) in [7, 11) is 0. The molecule has 20 heavy (non-hydrogen) atoms. The zero-order valence-corrected chi connectivity index (χ0v) is 11.8. The van der Waals surface area contributed by atoms with Crippen molar-refractivity contribution in [2.24, 2.45) is 0 Å². The van der Waals surface area contributed by atoms with Crippen molar-refractivity contribution >= 4 is 17.2 Å². The van der Waals surface area contributed by atoms with Crippen LogP contribution >= 0.6 is 11.3 Å². The summed E-state index contributed by atoms with van der Waals surface area (Å²) in [6.07, 6.45) is 3.12. The van der Waals surface area contributed by atoms with E-state index in [1.165, 1.54) is 11.3 Å². The van der Waals surface area contributed by atoms with Gasteiger partial charge in [-0.15, -0.1) is 11.3 Å². The molecule has 7 heteroatoms. The normalized spacial score (nSPS) is 19.1. The van der Waals surface area contributed by atoms with Gasteiger partial charge in [-0.2, -0.15) is 0 Å². The Balaban J connectivity index is 1.75. The summed E-state index contributed by atoms with van der Waals surface area (Å²) in [6, 6.07) is 1.83. The van der Waals surface area contributed by atoms with Gasteiger partial charge in [0.2, 0.25) is 0 Å². The lowest BCUT2D eigenvalue weighted by molar-refractivity contribution is -0.0246. The van der Waals surface area contributed by atoms with E-state index in [0.29, 0.717) is 30.4 Å². The van der Waals surface area contributed by atoms with Gasteiger partial charge in [-0.25, -0.2) is 9.97 Å². The highest BCUT2D eigenvalue weighted by molar-refractivity contribution is 7.11. The molecular formula is C13H14N4O2S. The van der Waals surface area contributed by atoms with Gasteiger partial charge in [0.15, 0.2) is 0 Å². The molecule has 0 bridgehead atoms. The lowest BCUT2D eigenvalue weighted by atomic mass is 10.2. The number of hydrogen-bond donors (Lipinski definition) is 0. The van der Waals surface area contributed by atoms with Gasteiger partial charge >= 0.3 is 0 Å². The number of carbonyl (C=O) groups excluding carboxylic acids is 1. The molecule has 0 radical (unpaired) electrons. The van der Waals surface area contributed by atoms with Gasteiger partial charge in [-0.05, 0) is 13.0 Å². The zero-order valence-electron chi connectivity index (χ0n) is 11.0. The number of aryl methyl sites for hydroxylation is 1. The van der Waals surface area contributed by atoms with Crippen molar-refractivity contribution < 1.29 is 9.53 Å². The Morgan fingerprint density at radius 1 is 1.55 bits per heavy atom. The fraction of sp³-hybridized carbons (Fsp3) is 0.385. The van der Waals surface area contributed by atoms with Gasteiger partial charge in [-0.3, -0.25) is 9.78 Å². The molecule has 1 aliphatic heterocycles. The molecule has 104 valence electrons. The van der Waals surface area contributed by atoms with Crippen molar-refractivity contribution in [3.8, 4) is 0 Å². The number of ether oxygens (including phenoxy) is 1. The Morgan fingerprint density at radius 2 is 2.45 bits per heavy atom. The second-order valence-electron chi connectivity index (χ2n) is 4.51. The molecule has 1 atom stereocenters. The number of amides is 1. The SMILES string of the molecule is Cc1nccc(C2CN(C(=O)c3cncs3)CCO2)n1. The van der Waals surface area contributed by atoms with Gasteiger partial charge in [0.25, 0.3) is 5.91 Å². The van der Waals surface area contributed by atoms with Gasteiger partial charge in [0.1, 0.15) is 16.8 Å². The van der Waals surface area contributed by atoms with Crippen LogP contribution in [0.5, 0.6) is 0 Å². The second-order valence-corrected chi connectivity index (χ2v) is 5.39. The molecule has 2 aromatic rings. The molecule has 0 N–H and O–H groups in total. The highest BCUT2D eigenvalue weighted by Gasteiger charge is 2.27. The first-order valence-corrected chi connectivity index (χ1v) is 7.21. The van der Waals surface area contributed by atoms with Crippen LogP contribution in [0.25, 0.3) is 0 Å². The smallest absolute Gasteiger partial charge is 0.265 e. The van der Waals surface area contributed by atoms with Gasteiger partial charge < -0.3 is 9.64 Å². The van der Waals surface area contributed by atoms with E-state index in [-0.39, 0.29) is 12.0 Å². The van der Waals surface area contributed by atoms with E-state index in [4.69, 9.17) is 4.74 Å². The van der Waals surface area contributed by atoms with Crippen molar-refractivity contribution in [3.05, 3.63) is 40.4 Å². The zero-order chi connectivity index (χ0) is 13.9. The Bertz CT molecular complexity index is 602.